The summed E-state index contributed by atoms with van der Waals surface area (Å²) in [6.45, 7) is 16.2. The van der Waals surface area contributed by atoms with Gasteiger partial charge >= 0.3 is 19.2 Å². The van der Waals surface area contributed by atoms with E-state index in [1.54, 1.807) is 6.92 Å². The molecule has 0 bridgehead atoms. The monoisotopic (exact) mass is 498 g/mol. The topological polar surface area (TPSA) is 95.6 Å². The number of hydrogen-bond donors (Lipinski definition) is 1. The normalized spacial score (nSPS) is 21.4. The van der Waals surface area contributed by atoms with Gasteiger partial charge in [-0.05, 0) is 60.2 Å². The SMILES string of the molecule is CCCCOC(=O)NC(CCCCB1OC(C)(C)C(C)(C)O1)(CCN1CCOCC1)C(=O)OCC. The van der Waals surface area contributed by atoms with E-state index in [1.165, 1.54) is 0 Å². The number of unbranched alkanes of at least 4 members (excludes halogenated alkanes) is 2. The number of nitrogens with zero attached hydrogens (tertiary/aromatic N) is 1. The molecular formula is C25H47BN2O7. The van der Waals surface area contributed by atoms with Gasteiger partial charge in [-0.1, -0.05) is 26.2 Å². The molecule has 9 nitrogen and oxygen atoms in total. The van der Waals surface area contributed by atoms with E-state index in [9.17, 15) is 9.59 Å². The van der Waals surface area contributed by atoms with Crippen molar-refractivity contribution in [3.05, 3.63) is 0 Å². The fourth-order valence-electron chi connectivity index (χ4n) is 4.31. The first-order valence-corrected chi connectivity index (χ1v) is 13.3. The van der Waals surface area contributed by atoms with Gasteiger partial charge < -0.3 is 28.8 Å². The summed E-state index contributed by atoms with van der Waals surface area (Å²) < 4.78 is 28.5. The molecule has 10 heteroatoms. The zero-order valence-electron chi connectivity index (χ0n) is 22.8. The first kappa shape index (κ1) is 29.9. The van der Waals surface area contributed by atoms with E-state index < -0.39 is 17.6 Å². The second-order valence-corrected chi connectivity index (χ2v) is 10.6. The molecule has 1 N–H and O–H groups in total. The second-order valence-electron chi connectivity index (χ2n) is 10.6. The minimum atomic E-state index is -1.15. The maximum atomic E-state index is 13.2. The van der Waals surface area contributed by atoms with Crippen molar-refractivity contribution < 1.29 is 33.1 Å². The smallest absolute Gasteiger partial charge is 0.457 e. The molecule has 2 aliphatic heterocycles. The van der Waals surface area contributed by atoms with Gasteiger partial charge in [-0.2, -0.15) is 0 Å². The van der Waals surface area contributed by atoms with E-state index in [4.69, 9.17) is 23.5 Å². The predicted molar refractivity (Wildman–Crippen MR) is 135 cm³/mol. The van der Waals surface area contributed by atoms with Crippen molar-refractivity contribution >= 4 is 19.2 Å². The lowest BCUT2D eigenvalue weighted by atomic mass is 9.80. The Kier molecular flexibility index (Phi) is 11.8. The molecule has 2 saturated heterocycles. The van der Waals surface area contributed by atoms with Gasteiger partial charge in [0.05, 0.1) is 37.6 Å². The molecule has 0 saturated carbocycles. The molecule has 1 amide bonds. The van der Waals surface area contributed by atoms with Crippen molar-refractivity contribution in [2.75, 3.05) is 46.1 Å². The van der Waals surface area contributed by atoms with E-state index in [2.05, 4.69) is 10.2 Å². The van der Waals surface area contributed by atoms with Crippen molar-refractivity contribution in [1.82, 2.24) is 10.2 Å². The van der Waals surface area contributed by atoms with E-state index in [-0.39, 0.29) is 24.9 Å². The third-order valence-electron chi connectivity index (χ3n) is 7.29. The van der Waals surface area contributed by atoms with Gasteiger partial charge in [-0.15, -0.1) is 0 Å². The van der Waals surface area contributed by atoms with Gasteiger partial charge in [-0.25, -0.2) is 9.59 Å². The molecule has 0 aromatic carbocycles. The predicted octanol–water partition coefficient (Wildman–Crippen LogP) is 3.80. The Hall–Kier alpha value is -1.36. The highest BCUT2D eigenvalue weighted by Crippen LogP contribution is 2.38. The van der Waals surface area contributed by atoms with Crippen molar-refractivity contribution in [2.24, 2.45) is 0 Å². The Morgan fingerprint density at radius 3 is 2.23 bits per heavy atom. The maximum Gasteiger partial charge on any atom is 0.457 e. The Labute approximate surface area is 212 Å². The number of rotatable bonds is 14. The number of alkyl carbamates (subject to hydrolysis) is 1. The molecule has 2 fully saturated rings. The number of carbonyl (C=O) groups excluding carboxylic acids is 2. The highest BCUT2D eigenvalue weighted by molar-refractivity contribution is 6.45. The number of carbonyl (C=O) groups is 2. The van der Waals surface area contributed by atoms with Gasteiger partial charge in [0.1, 0.15) is 5.54 Å². The molecule has 2 aliphatic rings. The average Bonchev–Trinajstić information content (AvgIpc) is 3.01. The van der Waals surface area contributed by atoms with Crippen LogP contribution in [-0.2, 0) is 28.3 Å². The standard InChI is InChI=1S/C25H47BN2O7/c1-7-9-18-33-22(30)27-25(21(29)32-8-2,13-15-28-16-19-31-20-17-28)12-10-11-14-26-34-23(3,4)24(5,6)35-26/h7-20H2,1-6H3,(H,27,30). The van der Waals surface area contributed by atoms with Crippen LogP contribution in [0.5, 0.6) is 0 Å². The van der Waals surface area contributed by atoms with Gasteiger partial charge in [0.25, 0.3) is 0 Å². The molecule has 0 aromatic rings. The highest BCUT2D eigenvalue weighted by Gasteiger charge is 2.50. The van der Waals surface area contributed by atoms with Gasteiger partial charge in [0, 0.05) is 19.6 Å². The number of hydrogen-bond acceptors (Lipinski definition) is 8. The second kappa shape index (κ2) is 13.8. The molecule has 35 heavy (non-hydrogen) atoms. The number of ether oxygens (including phenoxy) is 3. The zero-order valence-corrected chi connectivity index (χ0v) is 22.8. The fourth-order valence-corrected chi connectivity index (χ4v) is 4.31. The molecule has 2 rings (SSSR count). The minimum Gasteiger partial charge on any atom is -0.464 e. The van der Waals surface area contributed by atoms with Crippen molar-refractivity contribution in [2.45, 2.75) is 103 Å². The minimum absolute atomic E-state index is 0.249. The summed E-state index contributed by atoms with van der Waals surface area (Å²) in [4.78, 5) is 28.2. The lowest BCUT2D eigenvalue weighted by Gasteiger charge is -2.35. The quantitative estimate of drug-likeness (QED) is 0.220. The summed E-state index contributed by atoms with van der Waals surface area (Å²) in [5.41, 5.74) is -1.88. The summed E-state index contributed by atoms with van der Waals surface area (Å²) in [6, 6.07) is 0. The van der Waals surface area contributed by atoms with Crippen LogP contribution in [0, 0.1) is 0 Å². The van der Waals surface area contributed by atoms with Crippen molar-refractivity contribution in [3.63, 3.8) is 0 Å². The van der Waals surface area contributed by atoms with E-state index in [0.29, 0.717) is 45.6 Å². The number of amides is 1. The molecule has 1 unspecified atom stereocenters. The van der Waals surface area contributed by atoms with E-state index in [0.717, 1.165) is 38.7 Å². The number of nitrogens with one attached hydrogen (secondary N) is 1. The molecule has 0 aliphatic carbocycles. The van der Waals surface area contributed by atoms with Crippen LogP contribution in [-0.4, -0.2) is 86.9 Å². The number of esters is 1. The highest BCUT2D eigenvalue weighted by atomic mass is 16.7. The lowest BCUT2D eigenvalue weighted by Crippen LogP contribution is -2.57. The van der Waals surface area contributed by atoms with Crippen LogP contribution in [0.3, 0.4) is 0 Å². The van der Waals surface area contributed by atoms with Crippen LogP contribution in [0.4, 0.5) is 4.79 Å². The summed E-state index contributed by atoms with van der Waals surface area (Å²) >= 11 is 0. The van der Waals surface area contributed by atoms with Gasteiger partial charge in [-0.3, -0.25) is 4.90 Å². The van der Waals surface area contributed by atoms with Crippen LogP contribution >= 0.6 is 0 Å². The summed E-state index contributed by atoms with van der Waals surface area (Å²) in [7, 11) is -0.280. The third-order valence-corrected chi connectivity index (χ3v) is 7.29. The molecule has 0 radical (unpaired) electrons. The third kappa shape index (κ3) is 8.91. The molecule has 1 atom stereocenters. The van der Waals surface area contributed by atoms with E-state index >= 15 is 0 Å². The first-order chi connectivity index (χ1) is 16.5. The van der Waals surface area contributed by atoms with Gasteiger partial charge in [0.2, 0.25) is 0 Å². The van der Waals surface area contributed by atoms with Crippen LogP contribution in [0.1, 0.15) is 80.1 Å². The number of morpholine rings is 1. The Morgan fingerprint density at radius 1 is 0.971 bits per heavy atom. The summed E-state index contributed by atoms with van der Waals surface area (Å²) in [5, 5.41) is 2.91. The van der Waals surface area contributed by atoms with Crippen molar-refractivity contribution in [3.8, 4) is 0 Å². The maximum absolute atomic E-state index is 13.2. The molecule has 0 spiro atoms. The molecular weight excluding hydrogens is 451 g/mol. The summed E-state index contributed by atoms with van der Waals surface area (Å²) in [5.74, 6) is -0.406. The van der Waals surface area contributed by atoms with Crippen LogP contribution < -0.4 is 5.32 Å². The summed E-state index contributed by atoms with van der Waals surface area (Å²) in [6.07, 6.45) is 4.26. The average molecular weight is 498 g/mol. The Morgan fingerprint density at radius 2 is 1.63 bits per heavy atom. The van der Waals surface area contributed by atoms with E-state index in [1.807, 2.05) is 34.6 Å². The fraction of sp³-hybridized carbons (Fsp3) is 0.920. The van der Waals surface area contributed by atoms with Crippen molar-refractivity contribution in [1.29, 1.82) is 0 Å². The largest absolute Gasteiger partial charge is 0.464 e. The lowest BCUT2D eigenvalue weighted by molar-refractivity contribution is -0.152. The molecule has 2 heterocycles. The zero-order chi connectivity index (χ0) is 26.0. The molecule has 202 valence electrons. The van der Waals surface area contributed by atoms with Crippen LogP contribution in [0.25, 0.3) is 0 Å². The van der Waals surface area contributed by atoms with Gasteiger partial charge in [0.15, 0.2) is 0 Å². The first-order valence-electron chi connectivity index (χ1n) is 13.3. The molecule has 0 aromatic heterocycles. The van der Waals surface area contributed by atoms with Crippen LogP contribution in [0.2, 0.25) is 6.32 Å². The Balaban J connectivity index is 2.04. The Bertz CT molecular complexity index is 654. The van der Waals surface area contributed by atoms with Crippen LogP contribution in [0.15, 0.2) is 0 Å².